The van der Waals surface area contributed by atoms with Crippen LogP contribution in [0.2, 0.25) is 0 Å². The quantitative estimate of drug-likeness (QED) is 0.292. The summed E-state index contributed by atoms with van der Waals surface area (Å²) in [5.41, 5.74) is 6.12. The second kappa shape index (κ2) is 5.62. The van der Waals surface area contributed by atoms with Crippen molar-refractivity contribution in [3.63, 3.8) is 0 Å². The van der Waals surface area contributed by atoms with Crippen molar-refractivity contribution in [2.75, 3.05) is 12.4 Å². The molecule has 0 saturated carbocycles. The van der Waals surface area contributed by atoms with Crippen molar-refractivity contribution in [3.05, 3.63) is 24.0 Å². The van der Waals surface area contributed by atoms with E-state index >= 15 is 0 Å². The van der Waals surface area contributed by atoms with Crippen molar-refractivity contribution >= 4 is 17.6 Å². The Kier molecular flexibility index (Phi) is 4.42. The van der Waals surface area contributed by atoms with Crippen molar-refractivity contribution in [1.82, 2.24) is 4.98 Å². The average Bonchev–Trinajstić information content (AvgIpc) is 2.19. The number of nitrogen functional groups attached to an aromatic ring is 1. The molecule has 14 heavy (non-hydrogen) atoms. The Morgan fingerprint density at radius 3 is 3.07 bits per heavy atom. The standard InChI is InChI=1S/C9H13N3OS/c10-9(11)7-2-3-12-6-8(7)14-5-1-4-13/h2-3,6,13H,1,4-5H2,(H3,10,11). The highest BCUT2D eigenvalue weighted by molar-refractivity contribution is 7.99. The van der Waals surface area contributed by atoms with Crippen LogP contribution in [0.4, 0.5) is 0 Å². The maximum absolute atomic E-state index is 8.63. The molecule has 4 nitrogen and oxygen atoms in total. The Morgan fingerprint density at radius 2 is 2.43 bits per heavy atom. The minimum absolute atomic E-state index is 0.0545. The number of aliphatic hydroxyl groups is 1. The molecule has 0 aliphatic heterocycles. The van der Waals surface area contributed by atoms with Gasteiger partial charge in [0.15, 0.2) is 0 Å². The number of aromatic nitrogens is 1. The zero-order valence-corrected chi connectivity index (χ0v) is 8.55. The lowest BCUT2D eigenvalue weighted by molar-refractivity contribution is 0.296. The van der Waals surface area contributed by atoms with Gasteiger partial charge in [-0.3, -0.25) is 10.4 Å². The molecule has 0 saturated heterocycles. The average molecular weight is 211 g/mol. The van der Waals surface area contributed by atoms with Gasteiger partial charge in [0.2, 0.25) is 0 Å². The lowest BCUT2D eigenvalue weighted by atomic mass is 10.2. The van der Waals surface area contributed by atoms with Crippen LogP contribution in [0.1, 0.15) is 12.0 Å². The summed E-state index contributed by atoms with van der Waals surface area (Å²) >= 11 is 1.56. The van der Waals surface area contributed by atoms with Crippen molar-refractivity contribution in [3.8, 4) is 0 Å². The van der Waals surface area contributed by atoms with Gasteiger partial charge in [-0.05, 0) is 12.5 Å². The van der Waals surface area contributed by atoms with E-state index in [1.165, 1.54) is 0 Å². The van der Waals surface area contributed by atoms with Crippen molar-refractivity contribution in [1.29, 1.82) is 5.41 Å². The Bertz CT molecular complexity index is 317. The monoisotopic (exact) mass is 211 g/mol. The van der Waals surface area contributed by atoms with Gasteiger partial charge in [0.1, 0.15) is 5.84 Å². The largest absolute Gasteiger partial charge is 0.396 e. The molecule has 0 bridgehead atoms. The van der Waals surface area contributed by atoms with E-state index in [2.05, 4.69) is 4.98 Å². The first-order chi connectivity index (χ1) is 6.75. The molecule has 1 heterocycles. The maximum atomic E-state index is 8.63. The number of aliphatic hydroxyl groups excluding tert-OH is 1. The van der Waals surface area contributed by atoms with Crippen LogP contribution in [0.3, 0.4) is 0 Å². The van der Waals surface area contributed by atoms with Crippen LogP contribution in [-0.2, 0) is 0 Å². The molecular formula is C9H13N3OS. The Labute approximate surface area is 87.1 Å². The van der Waals surface area contributed by atoms with Gasteiger partial charge in [-0.25, -0.2) is 0 Å². The number of nitrogens with one attached hydrogen (secondary N) is 1. The van der Waals surface area contributed by atoms with Gasteiger partial charge in [0.25, 0.3) is 0 Å². The molecule has 4 N–H and O–H groups in total. The third-order valence-corrected chi connectivity index (χ3v) is 2.76. The van der Waals surface area contributed by atoms with E-state index < -0.39 is 0 Å². The van der Waals surface area contributed by atoms with Crippen LogP contribution in [0.25, 0.3) is 0 Å². The summed E-state index contributed by atoms with van der Waals surface area (Å²) in [4.78, 5) is 4.87. The van der Waals surface area contributed by atoms with E-state index in [-0.39, 0.29) is 12.4 Å². The van der Waals surface area contributed by atoms with E-state index in [9.17, 15) is 0 Å². The minimum atomic E-state index is 0.0545. The van der Waals surface area contributed by atoms with Crippen molar-refractivity contribution < 1.29 is 5.11 Å². The van der Waals surface area contributed by atoms with Crippen LogP contribution in [0.5, 0.6) is 0 Å². The van der Waals surface area contributed by atoms with Crippen molar-refractivity contribution in [2.45, 2.75) is 11.3 Å². The first kappa shape index (κ1) is 11.0. The van der Waals surface area contributed by atoms with Crippen LogP contribution in [-0.4, -0.2) is 28.3 Å². The van der Waals surface area contributed by atoms with Gasteiger partial charge in [0.05, 0.1) is 0 Å². The highest BCUT2D eigenvalue weighted by Gasteiger charge is 2.04. The molecule has 76 valence electrons. The number of thioether (sulfide) groups is 1. The summed E-state index contributed by atoms with van der Waals surface area (Å²) in [6.45, 7) is 0.183. The number of pyridine rings is 1. The van der Waals surface area contributed by atoms with Gasteiger partial charge >= 0.3 is 0 Å². The number of nitrogens with zero attached hydrogens (tertiary/aromatic N) is 1. The number of amidine groups is 1. The van der Waals surface area contributed by atoms with Gasteiger partial charge in [-0.15, -0.1) is 11.8 Å². The molecule has 0 amide bonds. The molecule has 0 atom stereocenters. The van der Waals surface area contributed by atoms with Crippen LogP contribution in [0.15, 0.2) is 23.4 Å². The number of nitrogens with two attached hydrogens (primary N) is 1. The van der Waals surface area contributed by atoms with Gasteiger partial charge < -0.3 is 10.8 Å². The molecule has 0 aromatic carbocycles. The fourth-order valence-corrected chi connectivity index (χ4v) is 1.93. The van der Waals surface area contributed by atoms with E-state index in [1.54, 1.807) is 30.2 Å². The third-order valence-electron chi connectivity index (χ3n) is 1.63. The molecule has 0 aliphatic rings. The molecule has 0 radical (unpaired) electrons. The molecule has 1 aromatic heterocycles. The fourth-order valence-electron chi connectivity index (χ4n) is 0.964. The summed E-state index contributed by atoms with van der Waals surface area (Å²) < 4.78 is 0. The summed E-state index contributed by atoms with van der Waals surface area (Å²) in [6.07, 6.45) is 4.04. The first-order valence-corrected chi connectivity index (χ1v) is 5.26. The van der Waals surface area contributed by atoms with Crippen LogP contribution in [0, 0.1) is 5.41 Å². The molecule has 0 unspecified atom stereocenters. The molecule has 5 heteroatoms. The SMILES string of the molecule is N=C(N)c1ccncc1SCCCO. The summed E-state index contributed by atoms with van der Waals surface area (Å²) in [5, 5.41) is 16.0. The van der Waals surface area contributed by atoms with E-state index in [1.807, 2.05) is 0 Å². The van der Waals surface area contributed by atoms with Crippen LogP contribution < -0.4 is 5.73 Å². The topological polar surface area (TPSA) is 83.0 Å². The lowest BCUT2D eigenvalue weighted by Gasteiger charge is -2.05. The normalized spacial score (nSPS) is 10.1. The second-order valence-electron chi connectivity index (χ2n) is 2.71. The molecule has 0 fully saturated rings. The smallest absolute Gasteiger partial charge is 0.124 e. The lowest BCUT2D eigenvalue weighted by Crippen LogP contribution is -2.12. The van der Waals surface area contributed by atoms with Gasteiger partial charge in [-0.1, -0.05) is 0 Å². The van der Waals surface area contributed by atoms with Crippen LogP contribution >= 0.6 is 11.8 Å². The molecule has 1 rings (SSSR count). The molecular weight excluding hydrogens is 198 g/mol. The summed E-state index contributed by atoms with van der Waals surface area (Å²) in [6, 6.07) is 1.73. The Morgan fingerprint density at radius 1 is 1.64 bits per heavy atom. The first-order valence-electron chi connectivity index (χ1n) is 4.27. The van der Waals surface area contributed by atoms with E-state index in [0.29, 0.717) is 5.56 Å². The highest BCUT2D eigenvalue weighted by Crippen LogP contribution is 2.21. The molecule has 0 spiro atoms. The number of hydrogen-bond donors (Lipinski definition) is 3. The predicted molar refractivity (Wildman–Crippen MR) is 57.7 cm³/mol. The third kappa shape index (κ3) is 3.01. The van der Waals surface area contributed by atoms with Gasteiger partial charge in [0, 0.05) is 35.2 Å². The molecule has 1 aromatic rings. The zero-order chi connectivity index (χ0) is 10.4. The summed E-state index contributed by atoms with van der Waals surface area (Å²) in [7, 11) is 0. The number of rotatable bonds is 5. The fraction of sp³-hybridized carbons (Fsp3) is 0.333. The minimum Gasteiger partial charge on any atom is -0.396 e. The van der Waals surface area contributed by atoms with E-state index in [4.69, 9.17) is 16.2 Å². The zero-order valence-electron chi connectivity index (χ0n) is 7.73. The van der Waals surface area contributed by atoms with Crippen molar-refractivity contribution in [2.24, 2.45) is 5.73 Å². The highest BCUT2D eigenvalue weighted by atomic mass is 32.2. The summed E-state index contributed by atoms with van der Waals surface area (Å²) in [5.74, 6) is 0.863. The maximum Gasteiger partial charge on any atom is 0.124 e. The molecule has 0 aliphatic carbocycles. The second-order valence-corrected chi connectivity index (χ2v) is 3.85. The Balaban J connectivity index is 2.69. The Hall–Kier alpha value is -1.07. The van der Waals surface area contributed by atoms with E-state index in [0.717, 1.165) is 17.1 Å². The number of hydrogen-bond acceptors (Lipinski definition) is 4. The predicted octanol–water partition coefficient (Wildman–Crippen LogP) is 0.840. The van der Waals surface area contributed by atoms with Gasteiger partial charge in [-0.2, -0.15) is 0 Å².